The Balaban J connectivity index is 1.72. The first kappa shape index (κ1) is 15.8. The van der Waals surface area contributed by atoms with E-state index in [1.165, 1.54) is 0 Å². The van der Waals surface area contributed by atoms with Crippen molar-refractivity contribution in [1.82, 2.24) is 19.9 Å². The lowest BCUT2D eigenvalue weighted by atomic mass is 10.0. The van der Waals surface area contributed by atoms with E-state index in [0.717, 1.165) is 40.8 Å². The molecule has 0 saturated carbocycles. The van der Waals surface area contributed by atoms with Crippen molar-refractivity contribution in [2.24, 2.45) is 0 Å². The zero-order chi connectivity index (χ0) is 16.5. The molecule has 6 heteroatoms. The van der Waals surface area contributed by atoms with Crippen molar-refractivity contribution in [2.45, 2.75) is 0 Å². The Bertz CT molecular complexity index is 1010. The maximum atomic E-state index is 4.50. The number of halogens is 2. The summed E-state index contributed by atoms with van der Waals surface area (Å²) in [5.74, 6) is 0.754. The van der Waals surface area contributed by atoms with Gasteiger partial charge in [-0.25, -0.2) is 19.9 Å². The second-order valence-corrected chi connectivity index (χ2v) is 7.42. The first-order chi connectivity index (χ1) is 11.7. The first-order valence-electron chi connectivity index (χ1n) is 7.20. The highest BCUT2D eigenvalue weighted by molar-refractivity contribution is 14.1. The highest BCUT2D eigenvalue weighted by Gasteiger charge is 2.06. The molecule has 116 valence electrons. The summed E-state index contributed by atoms with van der Waals surface area (Å²) in [5, 5.41) is 1.04. The van der Waals surface area contributed by atoms with Gasteiger partial charge in [-0.2, -0.15) is 0 Å². The average molecular weight is 536 g/mol. The molecule has 0 fully saturated rings. The average Bonchev–Trinajstić information content (AvgIpc) is 2.61. The van der Waals surface area contributed by atoms with Crippen LogP contribution >= 0.6 is 45.2 Å². The van der Waals surface area contributed by atoms with Gasteiger partial charge in [-0.15, -0.1) is 0 Å². The van der Waals surface area contributed by atoms with Gasteiger partial charge in [0.2, 0.25) is 0 Å². The van der Waals surface area contributed by atoms with Crippen LogP contribution in [0.1, 0.15) is 0 Å². The molecular formula is C18H10I2N4. The van der Waals surface area contributed by atoms with Gasteiger partial charge in [0.25, 0.3) is 0 Å². The van der Waals surface area contributed by atoms with E-state index in [1.54, 1.807) is 6.33 Å². The molecule has 2 aromatic heterocycles. The Morgan fingerprint density at radius 2 is 1.38 bits per heavy atom. The van der Waals surface area contributed by atoms with E-state index in [9.17, 15) is 0 Å². The zero-order valence-corrected chi connectivity index (χ0v) is 16.6. The number of nitrogens with zero attached hydrogens (tertiary/aromatic N) is 4. The Morgan fingerprint density at radius 3 is 2.12 bits per heavy atom. The van der Waals surface area contributed by atoms with Crippen LogP contribution in [0.2, 0.25) is 0 Å². The van der Waals surface area contributed by atoms with Crippen LogP contribution in [0, 0.1) is 7.40 Å². The first-order valence-corrected chi connectivity index (χ1v) is 9.35. The van der Waals surface area contributed by atoms with Crippen LogP contribution in [-0.4, -0.2) is 19.9 Å². The predicted molar refractivity (Wildman–Crippen MR) is 111 cm³/mol. The van der Waals surface area contributed by atoms with Crippen molar-refractivity contribution in [2.75, 3.05) is 0 Å². The van der Waals surface area contributed by atoms with Gasteiger partial charge in [-0.3, -0.25) is 0 Å². The summed E-state index contributed by atoms with van der Waals surface area (Å²) in [6.45, 7) is 0. The Hall–Kier alpha value is -1.68. The van der Waals surface area contributed by atoms with Gasteiger partial charge in [0.15, 0.2) is 5.82 Å². The second kappa shape index (κ2) is 6.67. The van der Waals surface area contributed by atoms with E-state index in [1.807, 2.05) is 18.3 Å². The smallest absolute Gasteiger partial charge is 0.161 e. The van der Waals surface area contributed by atoms with Gasteiger partial charge >= 0.3 is 0 Å². The molecule has 0 bridgehead atoms. The third kappa shape index (κ3) is 3.25. The van der Waals surface area contributed by atoms with E-state index in [-0.39, 0.29) is 0 Å². The highest BCUT2D eigenvalue weighted by atomic mass is 127. The molecule has 2 aromatic carbocycles. The van der Waals surface area contributed by atoms with Crippen LogP contribution in [0.25, 0.3) is 33.4 Å². The summed E-state index contributed by atoms with van der Waals surface area (Å²) >= 11 is 4.43. The maximum Gasteiger partial charge on any atom is 0.161 e. The van der Waals surface area contributed by atoms with Gasteiger partial charge in [0, 0.05) is 23.2 Å². The van der Waals surface area contributed by atoms with Crippen molar-refractivity contribution >= 4 is 56.1 Å². The minimum atomic E-state index is 0.754. The lowest BCUT2D eigenvalue weighted by molar-refractivity contribution is 1.12. The van der Waals surface area contributed by atoms with Gasteiger partial charge in [-0.05, 0) is 62.4 Å². The fraction of sp³-hybridized carbons (Fsp3) is 0. The molecule has 24 heavy (non-hydrogen) atoms. The molecule has 0 N–H and O–H groups in total. The van der Waals surface area contributed by atoms with Crippen molar-refractivity contribution in [1.29, 1.82) is 0 Å². The third-order valence-corrected chi connectivity index (χ3v) is 4.75. The number of fused-ring (bicyclic) bond motifs is 1. The SMILES string of the molecule is Ic1cc(I)nc(-c2ccc(-c3ccc4cncnc4c3)cc2)n1. The zero-order valence-electron chi connectivity index (χ0n) is 12.3. The second-order valence-electron chi connectivity index (χ2n) is 5.21. The molecule has 0 saturated heterocycles. The van der Waals surface area contributed by atoms with E-state index in [2.05, 4.69) is 102 Å². The number of hydrogen-bond acceptors (Lipinski definition) is 4. The summed E-state index contributed by atoms with van der Waals surface area (Å²) in [6.07, 6.45) is 3.40. The Kier molecular flexibility index (Phi) is 4.40. The molecule has 4 aromatic rings. The Labute approximate surface area is 166 Å². The van der Waals surface area contributed by atoms with Crippen LogP contribution in [-0.2, 0) is 0 Å². The number of rotatable bonds is 2. The van der Waals surface area contributed by atoms with Crippen LogP contribution in [0.3, 0.4) is 0 Å². The van der Waals surface area contributed by atoms with Crippen molar-refractivity contribution in [3.05, 3.63) is 68.5 Å². The fourth-order valence-corrected chi connectivity index (χ4v) is 4.13. The normalized spacial score (nSPS) is 10.9. The highest BCUT2D eigenvalue weighted by Crippen LogP contribution is 2.26. The number of aromatic nitrogens is 4. The Morgan fingerprint density at radius 1 is 0.708 bits per heavy atom. The minimum absolute atomic E-state index is 0.754. The van der Waals surface area contributed by atoms with E-state index >= 15 is 0 Å². The monoisotopic (exact) mass is 536 g/mol. The number of benzene rings is 2. The van der Waals surface area contributed by atoms with Crippen LogP contribution in [0.5, 0.6) is 0 Å². The van der Waals surface area contributed by atoms with E-state index in [0.29, 0.717) is 0 Å². The molecule has 4 nitrogen and oxygen atoms in total. The van der Waals surface area contributed by atoms with Crippen molar-refractivity contribution in [3.8, 4) is 22.5 Å². The summed E-state index contributed by atoms with van der Waals surface area (Å²) in [7, 11) is 0. The molecule has 0 atom stereocenters. The third-order valence-electron chi connectivity index (χ3n) is 3.65. The number of hydrogen-bond donors (Lipinski definition) is 0. The van der Waals surface area contributed by atoms with Crippen LogP contribution in [0.15, 0.2) is 61.1 Å². The summed E-state index contributed by atoms with van der Waals surface area (Å²) < 4.78 is 1.89. The molecule has 0 spiro atoms. The lowest BCUT2D eigenvalue weighted by Crippen LogP contribution is -1.94. The molecule has 4 rings (SSSR count). The standard InChI is InChI=1S/C18H10I2N4/c19-16-8-17(20)24-18(23-16)12-3-1-11(2-4-12)13-5-6-14-9-21-10-22-15(14)7-13/h1-10H. The topological polar surface area (TPSA) is 51.6 Å². The maximum absolute atomic E-state index is 4.50. The molecule has 0 aliphatic heterocycles. The van der Waals surface area contributed by atoms with Gasteiger partial charge in [0.05, 0.1) is 5.52 Å². The largest absolute Gasteiger partial charge is 0.244 e. The van der Waals surface area contributed by atoms with Gasteiger partial charge in [-0.1, -0.05) is 36.4 Å². The summed E-state index contributed by atoms with van der Waals surface area (Å²) in [6, 6.07) is 16.5. The summed E-state index contributed by atoms with van der Waals surface area (Å²) in [5.41, 5.74) is 4.23. The predicted octanol–water partition coefficient (Wildman–Crippen LogP) is 4.96. The van der Waals surface area contributed by atoms with Crippen molar-refractivity contribution in [3.63, 3.8) is 0 Å². The molecule has 0 unspecified atom stereocenters. The lowest BCUT2D eigenvalue weighted by Gasteiger charge is -2.06. The fourth-order valence-electron chi connectivity index (χ4n) is 2.48. The molecule has 0 aliphatic carbocycles. The van der Waals surface area contributed by atoms with E-state index < -0.39 is 0 Å². The van der Waals surface area contributed by atoms with Crippen molar-refractivity contribution < 1.29 is 0 Å². The molecular weight excluding hydrogens is 526 g/mol. The molecule has 2 heterocycles. The van der Waals surface area contributed by atoms with Crippen LogP contribution in [0.4, 0.5) is 0 Å². The minimum Gasteiger partial charge on any atom is -0.244 e. The molecule has 0 amide bonds. The quantitative estimate of drug-likeness (QED) is 0.269. The van der Waals surface area contributed by atoms with Gasteiger partial charge < -0.3 is 0 Å². The summed E-state index contributed by atoms with van der Waals surface area (Å²) in [4.78, 5) is 17.4. The van der Waals surface area contributed by atoms with Crippen LogP contribution < -0.4 is 0 Å². The van der Waals surface area contributed by atoms with Gasteiger partial charge in [0.1, 0.15) is 13.7 Å². The molecule has 0 radical (unpaired) electrons. The van der Waals surface area contributed by atoms with E-state index in [4.69, 9.17) is 0 Å². The molecule has 0 aliphatic rings.